The average Bonchev–Trinajstić information content (AvgIpc) is 3.60. The van der Waals surface area contributed by atoms with Crippen LogP contribution in [0.2, 0.25) is 0 Å². The van der Waals surface area contributed by atoms with E-state index in [2.05, 4.69) is 20.1 Å². The van der Waals surface area contributed by atoms with Gasteiger partial charge in [-0.1, -0.05) is 18.2 Å². The molecular formula is C25H19N5O4S. The van der Waals surface area contributed by atoms with Crippen LogP contribution in [0.15, 0.2) is 71.5 Å². The number of furan rings is 1. The molecule has 0 atom stereocenters. The molecule has 0 aliphatic rings. The number of imidazole rings is 1. The van der Waals surface area contributed by atoms with E-state index in [4.69, 9.17) is 18.6 Å². The van der Waals surface area contributed by atoms with Crippen LogP contribution in [0.25, 0.3) is 38.8 Å². The molecule has 174 valence electrons. The second-order valence-corrected chi connectivity index (χ2v) is 8.55. The van der Waals surface area contributed by atoms with E-state index in [1.54, 1.807) is 43.4 Å². The summed E-state index contributed by atoms with van der Waals surface area (Å²) in [5.74, 6) is 2.57. The van der Waals surface area contributed by atoms with Crippen molar-refractivity contribution in [3.05, 3.63) is 72.7 Å². The van der Waals surface area contributed by atoms with Crippen molar-refractivity contribution in [3.63, 3.8) is 0 Å². The Morgan fingerprint density at radius 2 is 1.89 bits per heavy atom. The summed E-state index contributed by atoms with van der Waals surface area (Å²) in [6.07, 6.45) is 5.26. The Hall–Kier alpha value is -4.44. The summed E-state index contributed by atoms with van der Waals surface area (Å²) >= 11 is 1.36. The van der Waals surface area contributed by atoms with Crippen molar-refractivity contribution in [1.82, 2.24) is 24.6 Å². The van der Waals surface area contributed by atoms with Crippen LogP contribution in [-0.2, 0) is 6.61 Å². The lowest BCUT2D eigenvalue weighted by molar-refractivity contribution is 0.307. The van der Waals surface area contributed by atoms with Crippen molar-refractivity contribution >= 4 is 27.3 Å². The Morgan fingerprint density at radius 1 is 1.00 bits per heavy atom. The largest absolute Gasteiger partial charge is 0.496 e. The van der Waals surface area contributed by atoms with E-state index in [1.807, 2.05) is 42.5 Å². The third-order valence-corrected chi connectivity index (χ3v) is 6.29. The monoisotopic (exact) mass is 485 g/mol. The molecule has 0 amide bonds. The zero-order valence-electron chi connectivity index (χ0n) is 18.8. The minimum atomic E-state index is 0.355. The third-order valence-electron chi connectivity index (χ3n) is 5.41. The number of nitrogens with zero attached hydrogens (tertiary/aromatic N) is 5. The van der Waals surface area contributed by atoms with Crippen molar-refractivity contribution in [2.75, 3.05) is 14.2 Å². The number of hydrogen-bond donors (Lipinski definition) is 0. The lowest BCUT2D eigenvalue weighted by Crippen LogP contribution is -1.97. The second kappa shape index (κ2) is 8.73. The first-order chi connectivity index (χ1) is 17.2. The van der Waals surface area contributed by atoms with E-state index >= 15 is 0 Å². The van der Waals surface area contributed by atoms with E-state index in [1.165, 1.54) is 11.3 Å². The van der Waals surface area contributed by atoms with Gasteiger partial charge in [0.25, 0.3) is 5.19 Å². The average molecular weight is 486 g/mol. The molecule has 0 saturated carbocycles. The van der Waals surface area contributed by atoms with Crippen LogP contribution in [0.1, 0.15) is 5.56 Å². The highest BCUT2D eigenvalue weighted by molar-refractivity contribution is 7.18. The summed E-state index contributed by atoms with van der Waals surface area (Å²) in [6, 6.07) is 15.4. The normalized spacial score (nSPS) is 11.3. The van der Waals surface area contributed by atoms with Crippen LogP contribution in [0.4, 0.5) is 0 Å². The first-order valence-electron chi connectivity index (χ1n) is 10.7. The van der Waals surface area contributed by atoms with Crippen molar-refractivity contribution in [2.45, 2.75) is 6.61 Å². The van der Waals surface area contributed by atoms with Crippen LogP contribution >= 0.6 is 11.3 Å². The Morgan fingerprint density at radius 3 is 2.69 bits per heavy atom. The first-order valence-corrected chi connectivity index (χ1v) is 11.5. The van der Waals surface area contributed by atoms with Crippen LogP contribution in [0, 0.1) is 0 Å². The smallest absolute Gasteiger partial charge is 0.294 e. The van der Waals surface area contributed by atoms with Crippen LogP contribution in [-0.4, -0.2) is 38.8 Å². The molecule has 0 spiro atoms. The van der Waals surface area contributed by atoms with Crippen molar-refractivity contribution < 1.29 is 18.6 Å². The van der Waals surface area contributed by atoms with Crippen molar-refractivity contribution in [2.24, 2.45) is 0 Å². The highest BCUT2D eigenvalue weighted by Gasteiger charge is 2.17. The van der Waals surface area contributed by atoms with E-state index in [0.29, 0.717) is 51.1 Å². The molecule has 0 radical (unpaired) electrons. The number of methoxy groups -OCH3 is 2. The Labute approximate surface area is 203 Å². The fourth-order valence-corrected chi connectivity index (χ4v) is 4.44. The number of fused-ring (bicyclic) bond motifs is 2. The van der Waals surface area contributed by atoms with Gasteiger partial charge >= 0.3 is 0 Å². The molecular weight excluding hydrogens is 466 g/mol. The van der Waals surface area contributed by atoms with Crippen LogP contribution in [0.5, 0.6) is 16.7 Å². The Kier molecular flexibility index (Phi) is 5.27. The molecule has 4 aromatic heterocycles. The van der Waals surface area contributed by atoms with Gasteiger partial charge in [-0.15, -0.1) is 5.10 Å². The van der Waals surface area contributed by atoms with E-state index < -0.39 is 0 Å². The summed E-state index contributed by atoms with van der Waals surface area (Å²) in [4.78, 5) is 14.0. The molecule has 2 aromatic carbocycles. The molecule has 0 bridgehead atoms. The van der Waals surface area contributed by atoms with Gasteiger partial charge in [0.1, 0.15) is 29.4 Å². The second-order valence-electron chi connectivity index (χ2n) is 7.63. The van der Waals surface area contributed by atoms with Gasteiger partial charge < -0.3 is 18.6 Å². The van der Waals surface area contributed by atoms with Gasteiger partial charge in [-0.2, -0.15) is 0 Å². The summed E-state index contributed by atoms with van der Waals surface area (Å²) in [6.45, 7) is 0.355. The lowest BCUT2D eigenvalue weighted by atomic mass is 10.1. The molecule has 0 aliphatic carbocycles. The zero-order valence-corrected chi connectivity index (χ0v) is 19.7. The minimum absolute atomic E-state index is 0.355. The third kappa shape index (κ3) is 4.04. The van der Waals surface area contributed by atoms with E-state index in [9.17, 15) is 0 Å². The lowest BCUT2D eigenvalue weighted by Gasteiger charge is -2.10. The molecule has 35 heavy (non-hydrogen) atoms. The predicted molar refractivity (Wildman–Crippen MR) is 131 cm³/mol. The summed E-state index contributed by atoms with van der Waals surface area (Å²) in [5, 5.41) is 5.70. The molecule has 6 aromatic rings. The summed E-state index contributed by atoms with van der Waals surface area (Å²) in [7, 11) is 3.19. The van der Waals surface area contributed by atoms with Gasteiger partial charge in [0.15, 0.2) is 11.6 Å². The maximum Gasteiger partial charge on any atom is 0.294 e. The molecule has 6 rings (SSSR count). The molecule has 0 fully saturated rings. The summed E-state index contributed by atoms with van der Waals surface area (Å²) in [5.41, 5.74) is 3.23. The highest BCUT2D eigenvalue weighted by atomic mass is 32.1. The van der Waals surface area contributed by atoms with Crippen molar-refractivity contribution in [1.29, 1.82) is 0 Å². The maximum atomic E-state index is 6.23. The van der Waals surface area contributed by atoms with Crippen LogP contribution < -0.4 is 14.2 Å². The minimum Gasteiger partial charge on any atom is -0.496 e. The van der Waals surface area contributed by atoms with Gasteiger partial charge in [0.05, 0.1) is 25.8 Å². The maximum absolute atomic E-state index is 6.23. The quantitative estimate of drug-likeness (QED) is 0.302. The molecule has 0 N–H and O–H groups in total. The number of ether oxygens (including phenoxy) is 3. The SMILES string of the molecule is COc1cc(OCc2cccc(-c3ncccn3)c2)c2cc(-c3cn4nc(OC)sc4n3)oc2c1. The molecule has 10 heteroatoms. The zero-order chi connectivity index (χ0) is 23.8. The van der Waals surface area contributed by atoms with Gasteiger partial charge in [0, 0.05) is 30.1 Å². The molecule has 9 nitrogen and oxygen atoms in total. The fourth-order valence-electron chi connectivity index (χ4n) is 3.74. The van der Waals surface area contributed by atoms with Gasteiger partial charge in [-0.05, 0) is 35.1 Å². The molecule has 0 unspecified atom stereocenters. The molecule has 0 saturated heterocycles. The van der Waals surface area contributed by atoms with Crippen molar-refractivity contribution in [3.8, 4) is 39.5 Å². The number of benzene rings is 2. The number of rotatable bonds is 7. The van der Waals surface area contributed by atoms with Crippen LogP contribution in [0.3, 0.4) is 0 Å². The van der Waals surface area contributed by atoms with Gasteiger partial charge in [-0.3, -0.25) is 0 Å². The van der Waals surface area contributed by atoms with E-state index in [-0.39, 0.29) is 0 Å². The van der Waals surface area contributed by atoms with Gasteiger partial charge in [0.2, 0.25) is 4.96 Å². The number of hydrogen-bond acceptors (Lipinski definition) is 9. The Balaban J connectivity index is 1.31. The molecule has 4 heterocycles. The highest BCUT2D eigenvalue weighted by Crippen LogP contribution is 2.37. The topological polar surface area (TPSA) is 96.8 Å². The number of aromatic nitrogens is 5. The molecule has 0 aliphatic heterocycles. The predicted octanol–water partition coefficient (Wildman–Crippen LogP) is 5.26. The fraction of sp³-hybridized carbons (Fsp3) is 0.120. The first kappa shape index (κ1) is 21.1. The standard InChI is InChI=1S/C25H19N5O4S/c1-31-17-10-20(33-14-15-5-3-6-16(9-15)23-26-7-4-8-27-23)18-12-22(34-21(18)11-17)19-13-30-24(28-19)35-25(29-30)32-2/h3-13H,14H2,1-2H3. The van der Waals surface area contributed by atoms with E-state index in [0.717, 1.165) is 16.5 Å². The summed E-state index contributed by atoms with van der Waals surface area (Å²) < 4.78 is 24.7. The van der Waals surface area contributed by atoms with Gasteiger partial charge in [-0.25, -0.2) is 19.5 Å². The Bertz CT molecular complexity index is 1610.